The maximum Gasteiger partial charge on any atom is 0.306 e. The van der Waals surface area contributed by atoms with Gasteiger partial charge in [0.2, 0.25) is 0 Å². The number of halogens is 1. The van der Waals surface area contributed by atoms with E-state index in [4.69, 9.17) is 16.7 Å². The molecule has 0 spiro atoms. The Bertz CT molecular complexity index is 535. The van der Waals surface area contributed by atoms with Gasteiger partial charge >= 0.3 is 5.97 Å². The molecule has 5 heteroatoms. The van der Waals surface area contributed by atoms with Crippen LogP contribution in [0.1, 0.15) is 17.4 Å². The molecule has 2 N–H and O–H groups in total. The van der Waals surface area contributed by atoms with E-state index < -0.39 is 12.1 Å². The minimum Gasteiger partial charge on any atom is -0.481 e. The molecule has 1 atom stereocenters. The highest BCUT2D eigenvalue weighted by Crippen LogP contribution is 2.39. The number of carboxylic acids is 1. The van der Waals surface area contributed by atoms with Crippen LogP contribution in [0.3, 0.4) is 0 Å². The molecular weight excluding hydrogens is 248 g/mol. The van der Waals surface area contributed by atoms with Crippen LogP contribution in [0, 0.1) is 0 Å². The van der Waals surface area contributed by atoms with E-state index in [2.05, 4.69) is 0 Å². The Hall–Kier alpha value is -1.10. The highest BCUT2D eigenvalue weighted by molar-refractivity contribution is 7.19. The van der Waals surface area contributed by atoms with E-state index in [9.17, 15) is 9.90 Å². The molecule has 0 aliphatic rings. The number of hydrogen-bond acceptors (Lipinski definition) is 3. The monoisotopic (exact) mass is 256 g/mol. The zero-order chi connectivity index (χ0) is 11.7. The molecule has 2 rings (SSSR count). The van der Waals surface area contributed by atoms with Gasteiger partial charge in [0.1, 0.15) is 6.10 Å². The van der Waals surface area contributed by atoms with Crippen molar-refractivity contribution in [1.29, 1.82) is 0 Å². The van der Waals surface area contributed by atoms with Gasteiger partial charge in [-0.15, -0.1) is 11.3 Å². The third-order valence-corrected chi connectivity index (χ3v) is 4.02. The molecule has 16 heavy (non-hydrogen) atoms. The largest absolute Gasteiger partial charge is 0.481 e. The first-order valence-corrected chi connectivity index (χ1v) is 5.86. The van der Waals surface area contributed by atoms with E-state index in [1.807, 2.05) is 24.3 Å². The normalized spacial score (nSPS) is 12.9. The summed E-state index contributed by atoms with van der Waals surface area (Å²) in [6, 6.07) is 7.48. The van der Waals surface area contributed by atoms with Crippen LogP contribution < -0.4 is 0 Å². The minimum absolute atomic E-state index is 0.327. The number of rotatable bonds is 3. The first-order valence-electron chi connectivity index (χ1n) is 4.66. The molecule has 0 aliphatic heterocycles. The number of fused-ring (bicyclic) bond motifs is 1. The summed E-state index contributed by atoms with van der Waals surface area (Å²) in [5.74, 6) is -1.04. The number of aliphatic hydroxyl groups is 1. The summed E-state index contributed by atoms with van der Waals surface area (Å²) in [4.78, 5) is 11.0. The fourth-order valence-corrected chi connectivity index (χ4v) is 3.05. The third kappa shape index (κ3) is 2.04. The fraction of sp³-hybridized carbons (Fsp3) is 0.182. The Morgan fingerprint density at radius 1 is 1.44 bits per heavy atom. The standard InChI is InChI=1S/C11H9ClO3S/c12-10-6-3-1-2-4-8(6)16-11(10)7(13)5-9(14)15/h1-4,7,13H,5H2,(H,14,15). The van der Waals surface area contributed by atoms with Crippen molar-refractivity contribution in [3.8, 4) is 0 Å². The van der Waals surface area contributed by atoms with Gasteiger partial charge in [0.15, 0.2) is 0 Å². The van der Waals surface area contributed by atoms with E-state index in [-0.39, 0.29) is 6.42 Å². The molecule has 2 aromatic rings. The number of carbonyl (C=O) groups is 1. The molecule has 1 heterocycles. The van der Waals surface area contributed by atoms with Gasteiger partial charge in [-0.2, -0.15) is 0 Å². The number of hydrogen-bond donors (Lipinski definition) is 2. The van der Waals surface area contributed by atoms with Gasteiger partial charge in [-0.1, -0.05) is 29.8 Å². The SMILES string of the molecule is O=C(O)CC(O)c1sc2ccccc2c1Cl. The topological polar surface area (TPSA) is 57.5 Å². The molecule has 84 valence electrons. The van der Waals surface area contributed by atoms with E-state index in [0.29, 0.717) is 9.90 Å². The Morgan fingerprint density at radius 2 is 2.12 bits per heavy atom. The molecule has 3 nitrogen and oxygen atoms in total. The number of benzene rings is 1. The van der Waals surface area contributed by atoms with Gasteiger partial charge in [0.25, 0.3) is 0 Å². The number of aliphatic carboxylic acids is 1. The van der Waals surface area contributed by atoms with Crippen molar-refractivity contribution in [3.05, 3.63) is 34.2 Å². The zero-order valence-electron chi connectivity index (χ0n) is 8.18. The predicted molar refractivity (Wildman–Crippen MR) is 64.0 cm³/mol. The van der Waals surface area contributed by atoms with Crippen molar-refractivity contribution in [2.45, 2.75) is 12.5 Å². The number of thiophene rings is 1. The first kappa shape index (κ1) is 11.4. The second-order valence-corrected chi connectivity index (χ2v) is 4.85. The van der Waals surface area contributed by atoms with Crippen LogP contribution in [0.15, 0.2) is 24.3 Å². The Kier molecular flexibility index (Phi) is 3.14. The molecule has 0 saturated heterocycles. The van der Waals surface area contributed by atoms with Crippen molar-refractivity contribution < 1.29 is 15.0 Å². The molecule has 1 unspecified atom stereocenters. The van der Waals surface area contributed by atoms with Crippen LogP contribution in [0.4, 0.5) is 0 Å². The summed E-state index contributed by atoms with van der Waals surface area (Å²) in [5.41, 5.74) is 0. The molecule has 0 fully saturated rings. The molecule has 0 aliphatic carbocycles. The average Bonchev–Trinajstić information content (AvgIpc) is 2.56. The summed E-state index contributed by atoms with van der Waals surface area (Å²) in [5, 5.41) is 19.6. The third-order valence-electron chi connectivity index (χ3n) is 2.23. The summed E-state index contributed by atoms with van der Waals surface area (Å²) in [7, 11) is 0. The lowest BCUT2D eigenvalue weighted by molar-refractivity contribution is -0.139. The highest BCUT2D eigenvalue weighted by atomic mass is 35.5. The molecule has 1 aromatic carbocycles. The summed E-state index contributed by atoms with van der Waals surface area (Å²) < 4.78 is 0.951. The Labute approximate surface area is 101 Å². The first-order chi connectivity index (χ1) is 7.59. The Balaban J connectivity index is 2.45. The van der Waals surface area contributed by atoms with Gasteiger partial charge < -0.3 is 10.2 Å². The minimum atomic E-state index is -1.04. The maximum absolute atomic E-state index is 10.5. The molecule has 0 radical (unpaired) electrons. The zero-order valence-corrected chi connectivity index (χ0v) is 9.76. The van der Waals surface area contributed by atoms with E-state index in [1.54, 1.807) is 0 Å². The second kappa shape index (κ2) is 4.41. The van der Waals surface area contributed by atoms with Crippen molar-refractivity contribution >= 4 is 39.0 Å². The van der Waals surface area contributed by atoms with Crippen molar-refractivity contribution in [1.82, 2.24) is 0 Å². The van der Waals surface area contributed by atoms with Crippen molar-refractivity contribution in [3.63, 3.8) is 0 Å². The second-order valence-electron chi connectivity index (χ2n) is 3.39. The quantitative estimate of drug-likeness (QED) is 0.887. The van der Waals surface area contributed by atoms with E-state index >= 15 is 0 Å². The Morgan fingerprint density at radius 3 is 2.75 bits per heavy atom. The fourth-order valence-electron chi connectivity index (χ4n) is 1.51. The smallest absolute Gasteiger partial charge is 0.306 e. The van der Waals surface area contributed by atoms with Gasteiger partial charge in [-0.25, -0.2) is 0 Å². The van der Waals surface area contributed by atoms with Crippen LogP contribution in [-0.4, -0.2) is 16.2 Å². The summed E-state index contributed by atoms with van der Waals surface area (Å²) >= 11 is 7.42. The van der Waals surface area contributed by atoms with Crippen LogP contribution in [0.25, 0.3) is 10.1 Å². The molecule has 0 amide bonds. The molecule has 0 bridgehead atoms. The summed E-state index contributed by atoms with van der Waals surface area (Å²) in [6.07, 6.45) is -1.37. The van der Waals surface area contributed by atoms with Crippen molar-refractivity contribution in [2.24, 2.45) is 0 Å². The van der Waals surface area contributed by atoms with Crippen LogP contribution >= 0.6 is 22.9 Å². The van der Waals surface area contributed by atoms with Crippen molar-refractivity contribution in [2.75, 3.05) is 0 Å². The van der Waals surface area contributed by atoms with Crippen LogP contribution in [0.5, 0.6) is 0 Å². The lowest BCUT2D eigenvalue weighted by Crippen LogP contribution is -2.04. The van der Waals surface area contributed by atoms with Gasteiger partial charge in [-0.05, 0) is 6.07 Å². The van der Waals surface area contributed by atoms with E-state index in [0.717, 1.165) is 10.1 Å². The van der Waals surface area contributed by atoms with Gasteiger partial charge in [0, 0.05) is 10.1 Å². The van der Waals surface area contributed by atoms with Crippen LogP contribution in [-0.2, 0) is 4.79 Å². The van der Waals surface area contributed by atoms with E-state index in [1.165, 1.54) is 11.3 Å². The number of aliphatic hydroxyl groups excluding tert-OH is 1. The van der Waals surface area contributed by atoms with Gasteiger partial charge in [0.05, 0.1) is 16.3 Å². The van der Waals surface area contributed by atoms with Crippen LogP contribution in [0.2, 0.25) is 5.02 Å². The molecule has 0 saturated carbocycles. The lowest BCUT2D eigenvalue weighted by Gasteiger charge is -2.04. The number of carboxylic acid groups (broad SMARTS) is 1. The lowest BCUT2D eigenvalue weighted by atomic mass is 10.2. The average molecular weight is 257 g/mol. The molecule has 1 aromatic heterocycles. The highest BCUT2D eigenvalue weighted by Gasteiger charge is 2.19. The predicted octanol–water partition coefficient (Wildman–Crippen LogP) is 3.06. The summed E-state index contributed by atoms with van der Waals surface area (Å²) in [6.45, 7) is 0. The maximum atomic E-state index is 10.5. The van der Waals surface area contributed by atoms with Gasteiger partial charge in [-0.3, -0.25) is 4.79 Å². The molecular formula is C11H9ClO3S.